The fourth-order valence-electron chi connectivity index (χ4n) is 4.70. The molecule has 2 nitrogen and oxygen atoms in total. The number of hydrogen-bond acceptors (Lipinski definition) is 1. The molecule has 5 aromatic rings. The van der Waals surface area contributed by atoms with Crippen LogP contribution in [0.15, 0.2) is 91.0 Å². The lowest BCUT2D eigenvalue weighted by molar-refractivity contribution is 0.431. The van der Waals surface area contributed by atoms with Crippen LogP contribution in [0, 0.1) is 0 Å². The van der Waals surface area contributed by atoms with E-state index in [2.05, 4.69) is 96.8 Å². The summed E-state index contributed by atoms with van der Waals surface area (Å²) in [6.45, 7) is 2.30. The highest BCUT2D eigenvalue weighted by molar-refractivity contribution is 6.10. The van der Waals surface area contributed by atoms with E-state index in [1.807, 2.05) is 6.07 Å². The van der Waals surface area contributed by atoms with Crippen molar-refractivity contribution >= 4 is 21.8 Å². The van der Waals surface area contributed by atoms with Crippen LogP contribution in [0.3, 0.4) is 0 Å². The molecule has 1 unspecified atom stereocenters. The first kappa shape index (κ1) is 15.5. The minimum absolute atomic E-state index is 0.281. The molecule has 0 spiro atoms. The summed E-state index contributed by atoms with van der Waals surface area (Å²) in [4.78, 5) is 3.60. The number of aromatic nitrogens is 1. The van der Waals surface area contributed by atoms with E-state index in [0.29, 0.717) is 0 Å². The molecular formula is C26H19NO. The Kier molecular flexibility index (Phi) is 3.05. The van der Waals surface area contributed by atoms with Crippen molar-refractivity contribution in [2.24, 2.45) is 0 Å². The van der Waals surface area contributed by atoms with Gasteiger partial charge in [0.25, 0.3) is 0 Å². The molecule has 0 bridgehead atoms. The Hall–Kier alpha value is -3.52. The van der Waals surface area contributed by atoms with Gasteiger partial charge in [-0.2, -0.15) is 0 Å². The van der Waals surface area contributed by atoms with Crippen LogP contribution in [0.2, 0.25) is 0 Å². The fourth-order valence-corrected chi connectivity index (χ4v) is 4.70. The number of nitrogens with one attached hydrogen (secondary N) is 1. The highest BCUT2D eigenvalue weighted by Gasteiger charge is 2.40. The van der Waals surface area contributed by atoms with Gasteiger partial charge in [-0.1, -0.05) is 78.9 Å². The summed E-state index contributed by atoms with van der Waals surface area (Å²) in [5, 5.41) is 2.42. The van der Waals surface area contributed by atoms with Gasteiger partial charge in [-0.3, -0.25) is 0 Å². The lowest BCUT2D eigenvalue weighted by Crippen LogP contribution is -2.29. The van der Waals surface area contributed by atoms with Crippen molar-refractivity contribution in [3.05, 3.63) is 108 Å². The summed E-state index contributed by atoms with van der Waals surface area (Å²) in [6.07, 6.45) is 0. The van der Waals surface area contributed by atoms with Gasteiger partial charge in [-0.15, -0.1) is 0 Å². The second-order valence-electron chi connectivity index (χ2n) is 7.62. The van der Waals surface area contributed by atoms with Crippen molar-refractivity contribution in [2.75, 3.05) is 0 Å². The number of hydrogen-bond donors (Lipinski definition) is 1. The summed E-state index contributed by atoms with van der Waals surface area (Å²) in [6, 6.07) is 32.0. The van der Waals surface area contributed by atoms with Crippen molar-refractivity contribution in [3.63, 3.8) is 0 Å². The van der Waals surface area contributed by atoms with E-state index in [1.165, 1.54) is 27.5 Å². The zero-order chi connectivity index (χ0) is 18.7. The van der Waals surface area contributed by atoms with Crippen molar-refractivity contribution in [2.45, 2.75) is 12.3 Å². The molecule has 28 heavy (non-hydrogen) atoms. The Bertz CT molecular complexity index is 1350. The monoisotopic (exact) mass is 361 g/mol. The standard InChI is InChI=1S/C26H19NO/c1-26(17-9-3-2-4-10-17)20-12-6-8-14-23(20)28-25-21(26)16-15-19-18-11-5-7-13-22(18)27-24(19)25/h2-16,27H,1H3. The van der Waals surface area contributed by atoms with Gasteiger partial charge < -0.3 is 9.72 Å². The zero-order valence-electron chi connectivity index (χ0n) is 15.6. The minimum atomic E-state index is -0.281. The van der Waals surface area contributed by atoms with Gasteiger partial charge in [0.05, 0.1) is 5.52 Å². The summed E-state index contributed by atoms with van der Waals surface area (Å²) >= 11 is 0. The highest BCUT2D eigenvalue weighted by Crippen LogP contribution is 2.53. The maximum absolute atomic E-state index is 6.51. The molecule has 0 saturated heterocycles. The molecule has 0 radical (unpaired) electrons. The molecule has 1 N–H and O–H groups in total. The lowest BCUT2D eigenvalue weighted by Gasteiger charge is -2.38. The molecule has 2 heteroatoms. The second kappa shape index (κ2) is 5.49. The summed E-state index contributed by atoms with van der Waals surface area (Å²) < 4.78 is 6.51. The Labute approximate surface area is 163 Å². The molecule has 1 atom stereocenters. The molecule has 0 fully saturated rings. The maximum atomic E-state index is 6.51. The number of fused-ring (bicyclic) bond motifs is 6. The van der Waals surface area contributed by atoms with Crippen LogP contribution in [0.4, 0.5) is 0 Å². The van der Waals surface area contributed by atoms with Gasteiger partial charge in [0.2, 0.25) is 0 Å². The molecule has 4 aromatic carbocycles. The molecule has 0 aliphatic carbocycles. The topological polar surface area (TPSA) is 25.0 Å². The lowest BCUT2D eigenvalue weighted by atomic mass is 9.69. The first-order chi connectivity index (χ1) is 13.8. The maximum Gasteiger partial charge on any atom is 0.155 e. The SMILES string of the molecule is CC1(c2ccccc2)c2ccccc2Oc2c1ccc1c2[nH]c2ccccc21. The van der Waals surface area contributed by atoms with Gasteiger partial charge in [0, 0.05) is 32.8 Å². The first-order valence-electron chi connectivity index (χ1n) is 9.63. The number of aromatic amines is 1. The van der Waals surface area contributed by atoms with E-state index in [9.17, 15) is 0 Å². The number of ether oxygens (including phenoxy) is 1. The summed E-state index contributed by atoms with van der Waals surface area (Å²) in [5.41, 5.74) is 5.57. The van der Waals surface area contributed by atoms with Crippen LogP contribution < -0.4 is 4.74 Å². The molecule has 6 rings (SSSR count). The van der Waals surface area contributed by atoms with Crippen LogP contribution in [0.1, 0.15) is 23.6 Å². The van der Waals surface area contributed by atoms with Crippen LogP contribution in [-0.2, 0) is 5.41 Å². The van der Waals surface area contributed by atoms with Gasteiger partial charge in [-0.05, 0) is 24.6 Å². The molecule has 0 saturated carbocycles. The van der Waals surface area contributed by atoms with Gasteiger partial charge in [0.1, 0.15) is 5.75 Å². The van der Waals surface area contributed by atoms with Gasteiger partial charge >= 0.3 is 0 Å². The first-order valence-corrected chi connectivity index (χ1v) is 9.63. The third-order valence-electron chi connectivity index (χ3n) is 6.16. The van der Waals surface area contributed by atoms with Crippen molar-refractivity contribution in [1.82, 2.24) is 4.98 Å². The number of benzene rings is 4. The van der Waals surface area contributed by atoms with E-state index >= 15 is 0 Å². The van der Waals surface area contributed by atoms with Crippen LogP contribution in [0.5, 0.6) is 11.5 Å². The van der Waals surface area contributed by atoms with Crippen molar-refractivity contribution in [1.29, 1.82) is 0 Å². The number of rotatable bonds is 1. The normalized spacial score (nSPS) is 17.9. The molecule has 0 amide bonds. The predicted molar refractivity (Wildman–Crippen MR) is 114 cm³/mol. The Balaban J connectivity index is 1.74. The molecule has 1 aliphatic heterocycles. The van der Waals surface area contributed by atoms with Gasteiger partial charge in [0.15, 0.2) is 5.75 Å². The van der Waals surface area contributed by atoms with Crippen LogP contribution >= 0.6 is 0 Å². The third kappa shape index (κ3) is 1.92. The quantitative estimate of drug-likeness (QED) is 0.350. The van der Waals surface area contributed by atoms with E-state index in [-0.39, 0.29) is 5.41 Å². The van der Waals surface area contributed by atoms with Crippen molar-refractivity contribution in [3.8, 4) is 11.5 Å². The number of H-pyrrole nitrogens is 1. The fraction of sp³-hybridized carbons (Fsp3) is 0.0769. The Morgan fingerprint density at radius 2 is 1.43 bits per heavy atom. The highest BCUT2D eigenvalue weighted by atomic mass is 16.5. The smallest absolute Gasteiger partial charge is 0.155 e. The molecule has 2 heterocycles. The predicted octanol–water partition coefficient (Wildman–Crippen LogP) is 6.78. The molecular weight excluding hydrogens is 342 g/mol. The van der Waals surface area contributed by atoms with Crippen LogP contribution in [-0.4, -0.2) is 4.98 Å². The Morgan fingerprint density at radius 3 is 2.32 bits per heavy atom. The van der Waals surface area contributed by atoms with Crippen LogP contribution in [0.25, 0.3) is 21.8 Å². The van der Waals surface area contributed by atoms with E-state index < -0.39 is 0 Å². The van der Waals surface area contributed by atoms with E-state index in [1.54, 1.807) is 0 Å². The number of para-hydroxylation sites is 2. The average Bonchev–Trinajstić information content (AvgIpc) is 3.14. The second-order valence-corrected chi connectivity index (χ2v) is 7.62. The molecule has 1 aliphatic rings. The minimum Gasteiger partial charge on any atom is -0.454 e. The van der Waals surface area contributed by atoms with E-state index in [4.69, 9.17) is 4.74 Å². The van der Waals surface area contributed by atoms with Crippen molar-refractivity contribution < 1.29 is 4.74 Å². The van der Waals surface area contributed by atoms with E-state index in [0.717, 1.165) is 22.5 Å². The largest absolute Gasteiger partial charge is 0.454 e. The zero-order valence-corrected chi connectivity index (χ0v) is 15.6. The molecule has 134 valence electrons. The summed E-state index contributed by atoms with van der Waals surface area (Å²) in [7, 11) is 0. The third-order valence-corrected chi connectivity index (χ3v) is 6.16. The average molecular weight is 361 g/mol. The molecule has 1 aromatic heterocycles. The summed E-state index contributed by atoms with van der Waals surface area (Å²) in [5.74, 6) is 1.85. The Morgan fingerprint density at radius 1 is 0.679 bits per heavy atom. The van der Waals surface area contributed by atoms with Gasteiger partial charge in [-0.25, -0.2) is 0 Å².